The minimum absolute atomic E-state index is 0.110. The van der Waals surface area contributed by atoms with Gasteiger partial charge in [-0.05, 0) is 24.6 Å². The summed E-state index contributed by atoms with van der Waals surface area (Å²) in [5.41, 5.74) is 0.635. The van der Waals surface area contributed by atoms with E-state index in [1.54, 1.807) is 23.5 Å². The van der Waals surface area contributed by atoms with Gasteiger partial charge in [0.05, 0.1) is 13.2 Å². The summed E-state index contributed by atoms with van der Waals surface area (Å²) in [6.45, 7) is 0. The van der Waals surface area contributed by atoms with E-state index in [1.807, 2.05) is 24.6 Å². The predicted molar refractivity (Wildman–Crippen MR) is 68.2 cm³/mol. The van der Waals surface area contributed by atoms with Crippen molar-refractivity contribution in [1.29, 1.82) is 0 Å². The lowest BCUT2D eigenvalue weighted by atomic mass is 10.0. The summed E-state index contributed by atoms with van der Waals surface area (Å²) in [6.07, 6.45) is 0. The molecular weight excluding hydrogens is 237 g/mol. The average molecular weight is 251 g/mol. The molecule has 0 aliphatic carbocycles. The van der Waals surface area contributed by atoms with Gasteiger partial charge in [-0.3, -0.25) is 0 Å². The van der Waals surface area contributed by atoms with Crippen LogP contribution in [0.3, 0.4) is 0 Å². The zero-order chi connectivity index (χ0) is 12.3. The van der Waals surface area contributed by atoms with Crippen LogP contribution in [0.1, 0.15) is 16.5 Å². The Bertz CT molecular complexity index is 484. The molecular formula is C13H14FNOS. The Kier molecular flexibility index (Phi) is 3.76. The Morgan fingerprint density at radius 2 is 2.18 bits per heavy atom. The van der Waals surface area contributed by atoms with Gasteiger partial charge in [0.25, 0.3) is 0 Å². The van der Waals surface area contributed by atoms with Crippen LogP contribution in [0.25, 0.3) is 0 Å². The van der Waals surface area contributed by atoms with Crippen LogP contribution < -0.4 is 10.1 Å². The van der Waals surface area contributed by atoms with E-state index in [-0.39, 0.29) is 11.9 Å². The Morgan fingerprint density at radius 3 is 2.71 bits per heavy atom. The molecule has 0 saturated heterocycles. The molecule has 1 unspecified atom stereocenters. The van der Waals surface area contributed by atoms with E-state index in [0.29, 0.717) is 11.3 Å². The first-order valence-corrected chi connectivity index (χ1v) is 6.18. The highest BCUT2D eigenvalue weighted by molar-refractivity contribution is 7.10. The van der Waals surface area contributed by atoms with Crippen LogP contribution in [0.4, 0.5) is 4.39 Å². The van der Waals surface area contributed by atoms with Crippen molar-refractivity contribution < 1.29 is 9.13 Å². The second-order valence-corrected chi connectivity index (χ2v) is 4.60. The minimum Gasteiger partial charge on any atom is -0.497 e. The molecule has 2 aromatic rings. The molecule has 1 atom stereocenters. The maximum Gasteiger partial charge on any atom is 0.132 e. The van der Waals surface area contributed by atoms with E-state index in [1.165, 1.54) is 13.2 Å². The maximum atomic E-state index is 14.0. The molecule has 1 N–H and O–H groups in total. The van der Waals surface area contributed by atoms with Crippen molar-refractivity contribution >= 4 is 11.3 Å². The number of benzene rings is 1. The molecule has 1 heterocycles. The molecule has 0 bridgehead atoms. The van der Waals surface area contributed by atoms with Gasteiger partial charge in [0.1, 0.15) is 11.6 Å². The standard InChI is InChI=1S/C13H14FNOS/c1-15-13(12-4-3-7-17-12)10-6-5-9(16-2)8-11(10)14/h3-8,13,15H,1-2H3. The third-order valence-electron chi connectivity index (χ3n) is 2.63. The van der Waals surface area contributed by atoms with Crippen LogP contribution in [0.15, 0.2) is 35.7 Å². The summed E-state index contributed by atoms with van der Waals surface area (Å²) in [7, 11) is 3.36. The fraction of sp³-hybridized carbons (Fsp3) is 0.231. The Labute approximate surface area is 104 Å². The zero-order valence-electron chi connectivity index (χ0n) is 9.74. The summed E-state index contributed by atoms with van der Waals surface area (Å²) in [4.78, 5) is 1.09. The number of rotatable bonds is 4. The third kappa shape index (κ3) is 2.48. The largest absolute Gasteiger partial charge is 0.497 e. The molecule has 4 heteroatoms. The molecule has 1 aromatic carbocycles. The molecule has 1 aromatic heterocycles. The number of thiophene rings is 1. The molecule has 0 radical (unpaired) electrons. The molecule has 0 aliphatic rings. The number of nitrogens with one attached hydrogen (secondary N) is 1. The minimum atomic E-state index is -0.253. The summed E-state index contributed by atoms with van der Waals surface area (Å²) in [5.74, 6) is 0.282. The van der Waals surface area contributed by atoms with Crippen molar-refractivity contribution in [2.45, 2.75) is 6.04 Å². The molecule has 17 heavy (non-hydrogen) atoms. The average Bonchev–Trinajstić information content (AvgIpc) is 2.85. The Hall–Kier alpha value is -1.39. The lowest BCUT2D eigenvalue weighted by molar-refractivity contribution is 0.410. The van der Waals surface area contributed by atoms with Crippen LogP contribution in [-0.4, -0.2) is 14.2 Å². The van der Waals surface area contributed by atoms with Crippen LogP contribution in [0.2, 0.25) is 0 Å². The van der Waals surface area contributed by atoms with Crippen molar-refractivity contribution in [2.24, 2.45) is 0 Å². The Morgan fingerprint density at radius 1 is 1.35 bits per heavy atom. The number of hydrogen-bond donors (Lipinski definition) is 1. The van der Waals surface area contributed by atoms with Gasteiger partial charge in [-0.1, -0.05) is 12.1 Å². The van der Waals surface area contributed by atoms with Gasteiger partial charge in [0.15, 0.2) is 0 Å². The number of methoxy groups -OCH3 is 1. The fourth-order valence-electron chi connectivity index (χ4n) is 1.78. The number of ether oxygens (including phenoxy) is 1. The van der Waals surface area contributed by atoms with Crippen LogP contribution in [0, 0.1) is 5.82 Å². The molecule has 0 amide bonds. The maximum absolute atomic E-state index is 14.0. The zero-order valence-corrected chi connectivity index (χ0v) is 10.6. The normalized spacial score (nSPS) is 12.4. The number of hydrogen-bond acceptors (Lipinski definition) is 3. The van der Waals surface area contributed by atoms with Crippen molar-refractivity contribution in [3.63, 3.8) is 0 Å². The molecule has 90 valence electrons. The van der Waals surface area contributed by atoms with Gasteiger partial charge in [-0.2, -0.15) is 0 Å². The van der Waals surface area contributed by atoms with E-state index >= 15 is 0 Å². The van der Waals surface area contributed by atoms with Crippen molar-refractivity contribution in [1.82, 2.24) is 5.32 Å². The summed E-state index contributed by atoms with van der Waals surface area (Å²) >= 11 is 1.61. The van der Waals surface area contributed by atoms with Gasteiger partial charge < -0.3 is 10.1 Å². The molecule has 0 fully saturated rings. The summed E-state index contributed by atoms with van der Waals surface area (Å²) in [5, 5.41) is 5.12. The summed E-state index contributed by atoms with van der Waals surface area (Å²) in [6, 6.07) is 8.79. The number of halogens is 1. The highest BCUT2D eigenvalue weighted by Crippen LogP contribution is 2.29. The molecule has 2 rings (SSSR count). The highest BCUT2D eigenvalue weighted by Gasteiger charge is 2.17. The van der Waals surface area contributed by atoms with Gasteiger partial charge >= 0.3 is 0 Å². The monoisotopic (exact) mass is 251 g/mol. The fourth-order valence-corrected chi connectivity index (χ4v) is 2.63. The topological polar surface area (TPSA) is 21.3 Å². The van der Waals surface area contributed by atoms with Crippen LogP contribution in [-0.2, 0) is 0 Å². The van der Waals surface area contributed by atoms with E-state index < -0.39 is 0 Å². The highest BCUT2D eigenvalue weighted by atomic mass is 32.1. The SMILES string of the molecule is CNC(c1cccs1)c1ccc(OC)cc1F. The smallest absolute Gasteiger partial charge is 0.132 e. The van der Waals surface area contributed by atoms with E-state index in [4.69, 9.17) is 4.74 Å². The van der Waals surface area contributed by atoms with Crippen molar-refractivity contribution in [2.75, 3.05) is 14.2 Å². The lowest BCUT2D eigenvalue weighted by Gasteiger charge is -2.16. The van der Waals surface area contributed by atoms with Crippen LogP contribution >= 0.6 is 11.3 Å². The molecule has 0 saturated carbocycles. The first kappa shape index (κ1) is 12.1. The molecule has 0 aliphatic heterocycles. The quantitative estimate of drug-likeness (QED) is 0.901. The second kappa shape index (κ2) is 5.29. The first-order valence-electron chi connectivity index (χ1n) is 5.30. The predicted octanol–water partition coefficient (Wildman–Crippen LogP) is 3.20. The van der Waals surface area contributed by atoms with Crippen molar-refractivity contribution in [3.05, 3.63) is 52.0 Å². The van der Waals surface area contributed by atoms with Gasteiger partial charge in [-0.15, -0.1) is 11.3 Å². The Balaban J connectivity index is 2.38. The van der Waals surface area contributed by atoms with Gasteiger partial charge in [0, 0.05) is 16.5 Å². The van der Waals surface area contributed by atoms with E-state index in [2.05, 4.69) is 5.32 Å². The first-order chi connectivity index (χ1) is 8.26. The molecule has 2 nitrogen and oxygen atoms in total. The second-order valence-electron chi connectivity index (χ2n) is 3.62. The van der Waals surface area contributed by atoms with Crippen molar-refractivity contribution in [3.8, 4) is 5.75 Å². The van der Waals surface area contributed by atoms with E-state index in [9.17, 15) is 4.39 Å². The van der Waals surface area contributed by atoms with Gasteiger partial charge in [0.2, 0.25) is 0 Å². The summed E-state index contributed by atoms with van der Waals surface area (Å²) < 4.78 is 18.9. The van der Waals surface area contributed by atoms with Gasteiger partial charge in [-0.25, -0.2) is 4.39 Å². The van der Waals surface area contributed by atoms with E-state index in [0.717, 1.165) is 4.88 Å². The van der Waals surface area contributed by atoms with Crippen LogP contribution in [0.5, 0.6) is 5.75 Å². The lowest BCUT2D eigenvalue weighted by Crippen LogP contribution is -2.17. The third-order valence-corrected chi connectivity index (χ3v) is 3.57. The molecule has 0 spiro atoms.